The second-order valence-corrected chi connectivity index (χ2v) is 6.39. The Labute approximate surface area is 98.2 Å². The van der Waals surface area contributed by atoms with Crippen LogP contribution in [0.4, 0.5) is 0 Å². The fourth-order valence-corrected chi connectivity index (χ4v) is 4.20. The van der Waals surface area contributed by atoms with Crippen LogP contribution in [0.5, 0.6) is 0 Å². The molecule has 2 saturated carbocycles. The monoisotopic (exact) mass is 218 g/mol. The van der Waals surface area contributed by atoms with E-state index in [2.05, 4.69) is 12.2 Å². The van der Waals surface area contributed by atoms with Crippen LogP contribution in [0.15, 0.2) is 12.2 Å². The van der Waals surface area contributed by atoms with Gasteiger partial charge in [-0.05, 0) is 62.2 Å². The average Bonchev–Trinajstić information content (AvgIpc) is 3.15. The van der Waals surface area contributed by atoms with E-state index in [1.165, 1.54) is 44.9 Å². The molecule has 1 nitrogen and oxygen atoms in total. The van der Waals surface area contributed by atoms with Crippen LogP contribution < -0.4 is 0 Å². The molecule has 4 rings (SSSR count). The second-order valence-electron chi connectivity index (χ2n) is 6.39. The lowest BCUT2D eigenvalue weighted by Gasteiger charge is -2.15. The minimum absolute atomic E-state index is 0.657. The number of fused-ring (bicyclic) bond motifs is 4. The van der Waals surface area contributed by atoms with Gasteiger partial charge in [-0.15, -0.1) is 0 Å². The van der Waals surface area contributed by atoms with Gasteiger partial charge in [0.25, 0.3) is 0 Å². The molecular weight excluding hydrogens is 196 g/mol. The molecule has 0 spiro atoms. The van der Waals surface area contributed by atoms with Gasteiger partial charge in [0.1, 0.15) is 0 Å². The van der Waals surface area contributed by atoms with E-state index in [0.717, 1.165) is 23.7 Å². The molecule has 1 aliphatic heterocycles. The summed E-state index contributed by atoms with van der Waals surface area (Å²) in [6, 6.07) is 0. The standard InChI is InChI=1S/C15H22O/c1-3-10-4-2-6-13(10)15-14(16-15)8-7-12-9-11(12)5-1/h1,5,10-15H,2-4,6-9H2/b5-1-. The first-order valence-corrected chi connectivity index (χ1v) is 7.24. The Kier molecular flexibility index (Phi) is 2.18. The van der Waals surface area contributed by atoms with Crippen molar-refractivity contribution >= 4 is 0 Å². The van der Waals surface area contributed by atoms with Gasteiger partial charge in [0.15, 0.2) is 0 Å². The van der Waals surface area contributed by atoms with E-state index < -0.39 is 0 Å². The van der Waals surface area contributed by atoms with Crippen molar-refractivity contribution in [3.8, 4) is 0 Å². The lowest BCUT2D eigenvalue weighted by molar-refractivity contribution is 0.270. The summed E-state index contributed by atoms with van der Waals surface area (Å²) in [4.78, 5) is 0. The zero-order chi connectivity index (χ0) is 10.5. The minimum Gasteiger partial charge on any atom is -0.369 e. The van der Waals surface area contributed by atoms with Crippen molar-refractivity contribution in [3.05, 3.63) is 12.2 Å². The summed E-state index contributed by atoms with van der Waals surface area (Å²) in [5.41, 5.74) is 0. The van der Waals surface area contributed by atoms with Crippen molar-refractivity contribution < 1.29 is 4.74 Å². The summed E-state index contributed by atoms with van der Waals surface area (Å²) in [7, 11) is 0. The zero-order valence-electron chi connectivity index (χ0n) is 9.98. The predicted molar refractivity (Wildman–Crippen MR) is 64.1 cm³/mol. The van der Waals surface area contributed by atoms with Gasteiger partial charge in [-0.25, -0.2) is 0 Å². The number of hydrogen-bond acceptors (Lipinski definition) is 1. The van der Waals surface area contributed by atoms with Crippen LogP contribution in [0.1, 0.15) is 44.9 Å². The van der Waals surface area contributed by atoms with Gasteiger partial charge in [0.05, 0.1) is 12.2 Å². The minimum atomic E-state index is 0.657. The Morgan fingerprint density at radius 1 is 1.00 bits per heavy atom. The van der Waals surface area contributed by atoms with Crippen molar-refractivity contribution in [3.63, 3.8) is 0 Å². The molecule has 6 unspecified atom stereocenters. The number of rotatable bonds is 0. The molecule has 0 aromatic rings. The Hall–Kier alpha value is -0.300. The van der Waals surface area contributed by atoms with E-state index in [0.29, 0.717) is 12.2 Å². The van der Waals surface area contributed by atoms with Gasteiger partial charge in [0, 0.05) is 0 Å². The predicted octanol–water partition coefficient (Wildman–Crippen LogP) is 3.55. The first-order valence-electron chi connectivity index (χ1n) is 7.24. The van der Waals surface area contributed by atoms with Gasteiger partial charge in [-0.1, -0.05) is 18.6 Å². The summed E-state index contributed by atoms with van der Waals surface area (Å²) in [5.74, 6) is 3.81. The average molecular weight is 218 g/mol. The van der Waals surface area contributed by atoms with Gasteiger partial charge in [-0.3, -0.25) is 0 Å². The number of ether oxygens (including phenoxy) is 1. The topological polar surface area (TPSA) is 12.5 Å². The zero-order valence-corrected chi connectivity index (χ0v) is 9.98. The number of hydrogen-bond donors (Lipinski definition) is 0. The summed E-state index contributed by atoms with van der Waals surface area (Å²) < 4.78 is 5.95. The third-order valence-electron chi connectivity index (χ3n) is 5.38. The van der Waals surface area contributed by atoms with Crippen LogP contribution in [-0.4, -0.2) is 12.2 Å². The van der Waals surface area contributed by atoms with E-state index >= 15 is 0 Å². The van der Waals surface area contributed by atoms with Crippen molar-refractivity contribution in [2.45, 2.75) is 57.2 Å². The molecule has 0 aromatic carbocycles. The highest BCUT2D eigenvalue weighted by Gasteiger charge is 2.49. The molecule has 16 heavy (non-hydrogen) atoms. The van der Waals surface area contributed by atoms with Gasteiger partial charge in [-0.2, -0.15) is 0 Å². The molecule has 0 amide bonds. The van der Waals surface area contributed by atoms with Gasteiger partial charge < -0.3 is 4.74 Å². The molecule has 6 atom stereocenters. The quantitative estimate of drug-likeness (QED) is 0.447. The Morgan fingerprint density at radius 2 is 2.00 bits per heavy atom. The van der Waals surface area contributed by atoms with Crippen molar-refractivity contribution in [2.24, 2.45) is 23.7 Å². The van der Waals surface area contributed by atoms with Crippen molar-refractivity contribution in [1.29, 1.82) is 0 Å². The number of epoxide rings is 1. The molecule has 1 heterocycles. The van der Waals surface area contributed by atoms with Crippen LogP contribution in [0.3, 0.4) is 0 Å². The SMILES string of the molecule is C1=C\C2CC2CCC2OC2C2CCCC2C/1. The van der Waals surface area contributed by atoms with Crippen molar-refractivity contribution in [2.75, 3.05) is 0 Å². The first kappa shape index (κ1) is 9.70. The second kappa shape index (κ2) is 3.60. The lowest BCUT2D eigenvalue weighted by atomic mass is 9.88. The van der Waals surface area contributed by atoms with Gasteiger partial charge in [0.2, 0.25) is 0 Å². The summed E-state index contributed by atoms with van der Waals surface area (Å²) >= 11 is 0. The molecular formula is C15H22O. The third kappa shape index (κ3) is 1.64. The molecule has 0 bridgehead atoms. The fourth-order valence-electron chi connectivity index (χ4n) is 4.20. The Morgan fingerprint density at radius 3 is 3.00 bits per heavy atom. The summed E-state index contributed by atoms with van der Waals surface area (Å²) in [6.45, 7) is 0. The van der Waals surface area contributed by atoms with E-state index in [9.17, 15) is 0 Å². The summed E-state index contributed by atoms with van der Waals surface area (Å²) in [5, 5.41) is 0. The van der Waals surface area contributed by atoms with E-state index in [1.54, 1.807) is 0 Å². The van der Waals surface area contributed by atoms with Crippen molar-refractivity contribution in [1.82, 2.24) is 0 Å². The number of allylic oxidation sites excluding steroid dienone is 2. The van der Waals surface area contributed by atoms with E-state index in [1.807, 2.05) is 0 Å². The molecule has 1 saturated heterocycles. The molecule has 0 N–H and O–H groups in total. The highest BCUT2D eigenvalue weighted by molar-refractivity contribution is 5.06. The molecule has 0 aromatic heterocycles. The van der Waals surface area contributed by atoms with Crippen LogP contribution in [0.2, 0.25) is 0 Å². The maximum Gasteiger partial charge on any atom is 0.0872 e. The normalized spacial score (nSPS) is 56.5. The Balaban J connectivity index is 1.51. The van der Waals surface area contributed by atoms with E-state index in [4.69, 9.17) is 4.74 Å². The van der Waals surface area contributed by atoms with Crippen LogP contribution in [0, 0.1) is 23.7 Å². The summed E-state index contributed by atoms with van der Waals surface area (Å²) in [6.07, 6.45) is 16.2. The molecule has 4 aliphatic rings. The molecule has 3 aliphatic carbocycles. The van der Waals surface area contributed by atoms with E-state index in [-0.39, 0.29) is 0 Å². The molecule has 88 valence electrons. The first-order chi connectivity index (χ1) is 7.92. The Bertz CT molecular complexity index is 309. The highest BCUT2D eigenvalue weighted by Crippen LogP contribution is 2.50. The van der Waals surface area contributed by atoms with Gasteiger partial charge >= 0.3 is 0 Å². The lowest BCUT2D eigenvalue weighted by Crippen LogP contribution is -2.15. The third-order valence-corrected chi connectivity index (χ3v) is 5.38. The van der Waals surface area contributed by atoms with Crippen LogP contribution >= 0.6 is 0 Å². The van der Waals surface area contributed by atoms with Crippen LogP contribution in [-0.2, 0) is 4.74 Å². The fraction of sp³-hybridized carbons (Fsp3) is 0.867. The maximum absolute atomic E-state index is 5.95. The molecule has 3 fully saturated rings. The van der Waals surface area contributed by atoms with Crippen LogP contribution in [0.25, 0.3) is 0 Å². The smallest absolute Gasteiger partial charge is 0.0872 e. The molecule has 0 radical (unpaired) electrons. The largest absolute Gasteiger partial charge is 0.369 e. The highest BCUT2D eigenvalue weighted by atomic mass is 16.6. The maximum atomic E-state index is 5.95. The molecule has 1 heteroatoms.